The Labute approximate surface area is 258 Å². The van der Waals surface area contributed by atoms with E-state index in [0.29, 0.717) is 5.56 Å². The molecule has 43 heavy (non-hydrogen) atoms. The fraction of sp³-hybridized carbons (Fsp3) is 0.343. The zero-order valence-corrected chi connectivity index (χ0v) is 26.3. The number of morpholine rings is 1. The summed E-state index contributed by atoms with van der Waals surface area (Å²) in [7, 11) is 0. The second-order valence-electron chi connectivity index (χ2n) is 10.1. The van der Waals surface area contributed by atoms with E-state index in [1.807, 2.05) is 43.8 Å². The first-order valence-corrected chi connectivity index (χ1v) is 15.8. The highest BCUT2D eigenvalue weighted by Gasteiger charge is 2.10. The summed E-state index contributed by atoms with van der Waals surface area (Å²) < 4.78 is 31.6. The Hall–Kier alpha value is -3.46. The van der Waals surface area contributed by atoms with Crippen LogP contribution in [0.25, 0.3) is 22.5 Å². The Morgan fingerprint density at radius 3 is 2.19 bits per heavy atom. The zero-order valence-electron chi connectivity index (χ0n) is 25.5. The van der Waals surface area contributed by atoms with Crippen LogP contribution in [0.5, 0.6) is 0 Å². The van der Waals surface area contributed by atoms with Crippen molar-refractivity contribution in [2.45, 2.75) is 44.9 Å². The molecule has 5 nitrogen and oxygen atoms in total. The first-order valence-electron chi connectivity index (χ1n) is 14.6. The minimum atomic E-state index is -0.549. The number of thioether (sulfide) groups is 1. The van der Waals surface area contributed by atoms with E-state index in [9.17, 15) is 8.78 Å². The van der Waals surface area contributed by atoms with E-state index < -0.39 is 11.6 Å². The van der Waals surface area contributed by atoms with Gasteiger partial charge in [0, 0.05) is 42.0 Å². The van der Waals surface area contributed by atoms with Gasteiger partial charge in [-0.15, -0.1) is 11.8 Å². The standard InChI is InChI=1S/C19H25N3O.C14H12F2S.C2H4O/c1-2-16-5-3-7-18(13-16)19-20-14-17(15-21-19)6-4-8-22-9-11-23-12-10-22;1-9-5-10(3-4-14(9)17-2)11-6-12(15)8-13(16)7-11;1-2-3/h3,5,7,13-15H,2,4,6,8-12H2,1H3;3-8H,1-2H3;2H,1H3. The SMILES string of the molecule is CC=O.CCc1cccc(-c2ncc(CCCN3CCOCC3)cn2)c1.CSc1ccc(-c2cc(F)cc(F)c2)cc1C. The van der Waals surface area contributed by atoms with Gasteiger partial charge in [0.1, 0.15) is 17.9 Å². The van der Waals surface area contributed by atoms with Crippen LogP contribution in [0.4, 0.5) is 8.78 Å². The van der Waals surface area contributed by atoms with Crippen molar-refractivity contribution in [3.8, 4) is 22.5 Å². The summed E-state index contributed by atoms with van der Waals surface area (Å²) in [5, 5.41) is 0. The number of aryl methyl sites for hydroxylation is 3. The van der Waals surface area contributed by atoms with Crippen molar-refractivity contribution in [2.75, 3.05) is 39.1 Å². The maximum absolute atomic E-state index is 13.1. The number of carbonyl (C=O) groups is 1. The van der Waals surface area contributed by atoms with E-state index in [1.54, 1.807) is 11.8 Å². The summed E-state index contributed by atoms with van der Waals surface area (Å²) in [6, 6.07) is 17.8. The van der Waals surface area contributed by atoms with Gasteiger partial charge in [-0.05, 0) is 98.0 Å². The van der Waals surface area contributed by atoms with Crippen LogP contribution in [0.1, 0.15) is 37.0 Å². The van der Waals surface area contributed by atoms with E-state index in [-0.39, 0.29) is 0 Å². The van der Waals surface area contributed by atoms with Crippen molar-refractivity contribution in [2.24, 2.45) is 0 Å². The Balaban J connectivity index is 0.000000224. The van der Waals surface area contributed by atoms with Crippen LogP contribution in [-0.2, 0) is 22.4 Å². The topological polar surface area (TPSA) is 55.3 Å². The summed E-state index contributed by atoms with van der Waals surface area (Å²) in [5.74, 6) is -0.282. The van der Waals surface area contributed by atoms with Crippen molar-refractivity contribution in [1.29, 1.82) is 0 Å². The lowest BCUT2D eigenvalue weighted by molar-refractivity contribution is -0.106. The van der Waals surface area contributed by atoms with Gasteiger partial charge in [0.25, 0.3) is 0 Å². The lowest BCUT2D eigenvalue weighted by Crippen LogP contribution is -2.36. The number of ether oxygens (including phenoxy) is 1. The highest BCUT2D eigenvalue weighted by Crippen LogP contribution is 2.27. The van der Waals surface area contributed by atoms with E-state index in [0.717, 1.165) is 87.0 Å². The normalized spacial score (nSPS) is 12.9. The molecular weight excluding hydrogens is 564 g/mol. The highest BCUT2D eigenvalue weighted by atomic mass is 32.2. The molecule has 3 aromatic carbocycles. The van der Waals surface area contributed by atoms with Crippen LogP contribution in [0.15, 0.2) is 78.0 Å². The van der Waals surface area contributed by atoms with Crippen LogP contribution in [0.3, 0.4) is 0 Å². The van der Waals surface area contributed by atoms with Crippen LogP contribution < -0.4 is 0 Å². The molecule has 0 radical (unpaired) electrons. The van der Waals surface area contributed by atoms with Gasteiger partial charge in [-0.25, -0.2) is 18.7 Å². The van der Waals surface area contributed by atoms with Gasteiger partial charge in [-0.1, -0.05) is 37.3 Å². The predicted molar refractivity (Wildman–Crippen MR) is 172 cm³/mol. The monoisotopic (exact) mass is 605 g/mol. The molecule has 0 spiro atoms. The van der Waals surface area contributed by atoms with Gasteiger partial charge < -0.3 is 9.53 Å². The second kappa shape index (κ2) is 18.3. The van der Waals surface area contributed by atoms with Gasteiger partial charge in [0.05, 0.1) is 13.2 Å². The molecule has 4 aromatic rings. The summed E-state index contributed by atoms with van der Waals surface area (Å²) in [5.41, 5.74) is 6.15. The minimum Gasteiger partial charge on any atom is -0.379 e. The van der Waals surface area contributed by atoms with Crippen LogP contribution >= 0.6 is 11.8 Å². The lowest BCUT2D eigenvalue weighted by atomic mass is 10.0. The molecule has 1 aliphatic heterocycles. The van der Waals surface area contributed by atoms with Crippen molar-refractivity contribution >= 4 is 18.0 Å². The molecule has 1 fully saturated rings. The number of aldehydes is 1. The highest BCUT2D eigenvalue weighted by molar-refractivity contribution is 7.98. The molecule has 228 valence electrons. The summed E-state index contributed by atoms with van der Waals surface area (Å²) in [6.07, 6.45) is 9.92. The lowest BCUT2D eigenvalue weighted by Gasteiger charge is -2.26. The van der Waals surface area contributed by atoms with E-state index in [1.165, 1.54) is 35.1 Å². The Morgan fingerprint density at radius 2 is 1.58 bits per heavy atom. The molecule has 0 unspecified atom stereocenters. The molecule has 1 aromatic heterocycles. The summed E-state index contributed by atoms with van der Waals surface area (Å²) >= 11 is 1.66. The van der Waals surface area contributed by atoms with Crippen molar-refractivity contribution in [1.82, 2.24) is 14.9 Å². The molecule has 1 aliphatic rings. The molecular formula is C35H41F2N3O2S. The second-order valence-corrected chi connectivity index (χ2v) is 11.0. The molecule has 0 amide bonds. The third kappa shape index (κ3) is 11.3. The van der Waals surface area contributed by atoms with Crippen molar-refractivity contribution < 1.29 is 18.3 Å². The Bertz CT molecular complexity index is 1410. The average molecular weight is 606 g/mol. The maximum atomic E-state index is 13.1. The molecule has 0 aliphatic carbocycles. The number of benzene rings is 3. The number of nitrogens with zero attached hydrogens (tertiary/aromatic N) is 3. The molecule has 1 saturated heterocycles. The fourth-order valence-corrected chi connectivity index (χ4v) is 5.26. The Kier molecular flexibility index (Phi) is 14.5. The van der Waals surface area contributed by atoms with Crippen LogP contribution in [0.2, 0.25) is 0 Å². The third-order valence-electron chi connectivity index (χ3n) is 6.93. The number of carbonyl (C=O) groups excluding carboxylic acids is 1. The quantitative estimate of drug-likeness (QED) is 0.151. The van der Waals surface area contributed by atoms with Gasteiger partial charge >= 0.3 is 0 Å². The largest absolute Gasteiger partial charge is 0.379 e. The molecule has 0 bridgehead atoms. The van der Waals surface area contributed by atoms with Gasteiger partial charge in [0.15, 0.2) is 5.82 Å². The van der Waals surface area contributed by atoms with Gasteiger partial charge in [0.2, 0.25) is 0 Å². The predicted octanol–water partition coefficient (Wildman–Crippen LogP) is 7.84. The summed E-state index contributed by atoms with van der Waals surface area (Å²) in [6.45, 7) is 10.6. The minimum absolute atomic E-state index is 0.549. The first kappa shape index (κ1) is 34.0. The number of aromatic nitrogens is 2. The van der Waals surface area contributed by atoms with Gasteiger partial charge in [-0.3, -0.25) is 4.90 Å². The van der Waals surface area contributed by atoms with Crippen molar-refractivity contribution in [3.05, 3.63) is 101 Å². The molecule has 0 N–H and O–H groups in total. The van der Waals surface area contributed by atoms with Gasteiger partial charge in [-0.2, -0.15) is 0 Å². The van der Waals surface area contributed by atoms with E-state index >= 15 is 0 Å². The number of rotatable bonds is 8. The zero-order chi connectivity index (χ0) is 31.0. The molecule has 8 heteroatoms. The van der Waals surface area contributed by atoms with Crippen LogP contribution in [-0.4, -0.2) is 60.3 Å². The van der Waals surface area contributed by atoms with E-state index in [4.69, 9.17) is 9.53 Å². The smallest absolute Gasteiger partial charge is 0.159 e. The third-order valence-corrected chi connectivity index (χ3v) is 7.83. The van der Waals surface area contributed by atoms with Crippen molar-refractivity contribution in [3.63, 3.8) is 0 Å². The molecule has 0 atom stereocenters. The number of hydrogen-bond acceptors (Lipinski definition) is 6. The number of hydrogen-bond donors (Lipinski definition) is 0. The number of halogens is 2. The fourth-order valence-electron chi connectivity index (χ4n) is 4.67. The molecule has 0 saturated carbocycles. The van der Waals surface area contributed by atoms with E-state index in [2.05, 4.69) is 46.1 Å². The summed E-state index contributed by atoms with van der Waals surface area (Å²) in [4.78, 5) is 21.5. The average Bonchev–Trinajstić information content (AvgIpc) is 3.02. The first-order chi connectivity index (χ1) is 20.9. The van der Waals surface area contributed by atoms with Crippen LogP contribution in [0, 0.1) is 18.6 Å². The Morgan fingerprint density at radius 1 is 0.907 bits per heavy atom. The molecule has 5 rings (SSSR count). The molecule has 2 heterocycles. The maximum Gasteiger partial charge on any atom is 0.159 e.